The quantitative estimate of drug-likeness (QED) is 0.865. The molecule has 3 aliphatic heterocycles. The highest BCUT2D eigenvalue weighted by molar-refractivity contribution is 5.45. The summed E-state index contributed by atoms with van der Waals surface area (Å²) in [5, 5.41) is 13.7. The molecule has 2 bridgehead atoms. The summed E-state index contributed by atoms with van der Waals surface area (Å²) in [5.41, 5.74) is 0.913. The van der Waals surface area contributed by atoms with Gasteiger partial charge in [-0.1, -0.05) is 12.1 Å². The van der Waals surface area contributed by atoms with Gasteiger partial charge in [0.1, 0.15) is 0 Å². The summed E-state index contributed by atoms with van der Waals surface area (Å²) in [6.45, 7) is 4.37. The number of fused-ring (bicyclic) bond motifs is 3. The molecule has 3 fully saturated rings. The van der Waals surface area contributed by atoms with Gasteiger partial charge in [0, 0.05) is 24.7 Å². The van der Waals surface area contributed by atoms with Crippen LogP contribution in [0.3, 0.4) is 0 Å². The van der Waals surface area contributed by atoms with Gasteiger partial charge < -0.3 is 20.1 Å². The topological polar surface area (TPSA) is 44.7 Å². The van der Waals surface area contributed by atoms with Crippen molar-refractivity contribution in [3.8, 4) is 11.5 Å². The molecule has 0 amide bonds. The molecule has 1 aromatic rings. The number of hydrogen-bond acceptors (Lipinski definition) is 4. The first kappa shape index (κ1) is 12.8. The van der Waals surface area contributed by atoms with E-state index in [1.165, 1.54) is 25.9 Å². The number of nitrogens with zero attached hydrogens (tertiary/aromatic N) is 1. The van der Waals surface area contributed by atoms with Gasteiger partial charge in [-0.2, -0.15) is 0 Å². The zero-order chi connectivity index (χ0) is 13.2. The van der Waals surface area contributed by atoms with Crippen molar-refractivity contribution in [1.29, 1.82) is 0 Å². The van der Waals surface area contributed by atoms with Crippen LogP contribution in [0.25, 0.3) is 0 Å². The fraction of sp³-hybridized carbons (Fsp3) is 0.600. The predicted octanol–water partition coefficient (Wildman–Crippen LogP) is 1.58. The van der Waals surface area contributed by atoms with Crippen LogP contribution in [0.1, 0.15) is 18.4 Å². The van der Waals surface area contributed by atoms with Crippen molar-refractivity contribution in [3.63, 3.8) is 0 Å². The fourth-order valence-electron chi connectivity index (χ4n) is 3.31. The van der Waals surface area contributed by atoms with Crippen LogP contribution < -0.4 is 10.1 Å². The van der Waals surface area contributed by atoms with E-state index in [2.05, 4.69) is 10.2 Å². The molecule has 1 aromatic carbocycles. The fourth-order valence-corrected chi connectivity index (χ4v) is 3.31. The standard InChI is InChI=1S/C15H22N2O2/c1-19-14-4-2-3-12(15(14)18)9-16-13-10-17-7-5-11(13)6-8-17/h2-4,11,13,16,18H,5-10H2,1H3. The number of rotatable bonds is 4. The lowest BCUT2D eigenvalue weighted by atomic mass is 9.84. The van der Waals surface area contributed by atoms with E-state index in [0.717, 1.165) is 18.0 Å². The van der Waals surface area contributed by atoms with E-state index < -0.39 is 0 Å². The molecule has 4 nitrogen and oxygen atoms in total. The number of phenols is 1. The van der Waals surface area contributed by atoms with Gasteiger partial charge in [0.25, 0.3) is 0 Å². The molecule has 1 atom stereocenters. The normalized spacial score (nSPS) is 29.4. The smallest absolute Gasteiger partial charge is 0.162 e. The highest BCUT2D eigenvalue weighted by atomic mass is 16.5. The Bertz CT molecular complexity index is 442. The Balaban J connectivity index is 1.63. The van der Waals surface area contributed by atoms with Crippen molar-refractivity contribution < 1.29 is 9.84 Å². The molecule has 3 heterocycles. The Morgan fingerprint density at radius 2 is 2.16 bits per heavy atom. The summed E-state index contributed by atoms with van der Waals surface area (Å²) in [6, 6.07) is 6.22. The third kappa shape index (κ3) is 2.55. The number of aromatic hydroxyl groups is 1. The molecule has 0 radical (unpaired) electrons. The zero-order valence-corrected chi connectivity index (χ0v) is 11.4. The van der Waals surface area contributed by atoms with Crippen LogP contribution in [-0.4, -0.2) is 42.8 Å². The molecule has 104 valence electrons. The van der Waals surface area contributed by atoms with Gasteiger partial charge in [0.05, 0.1) is 7.11 Å². The number of ether oxygens (including phenoxy) is 1. The molecule has 4 heteroatoms. The Kier molecular flexibility index (Phi) is 3.62. The number of piperidine rings is 3. The highest BCUT2D eigenvalue weighted by Crippen LogP contribution is 2.31. The van der Waals surface area contributed by atoms with Crippen molar-refractivity contribution >= 4 is 0 Å². The lowest BCUT2D eigenvalue weighted by Crippen LogP contribution is -2.55. The van der Waals surface area contributed by atoms with Crippen LogP contribution in [0.5, 0.6) is 11.5 Å². The van der Waals surface area contributed by atoms with Crippen LogP contribution in [0.2, 0.25) is 0 Å². The molecule has 0 spiro atoms. The molecule has 3 saturated heterocycles. The second-order valence-electron chi connectivity index (χ2n) is 5.59. The summed E-state index contributed by atoms with van der Waals surface area (Å²) in [4.78, 5) is 2.53. The Morgan fingerprint density at radius 3 is 2.79 bits per heavy atom. The molecule has 0 saturated carbocycles. The monoisotopic (exact) mass is 262 g/mol. The Labute approximate surface area is 114 Å². The van der Waals surface area contributed by atoms with Crippen molar-refractivity contribution in [3.05, 3.63) is 23.8 Å². The number of methoxy groups -OCH3 is 1. The largest absolute Gasteiger partial charge is 0.504 e. The Morgan fingerprint density at radius 1 is 1.37 bits per heavy atom. The molecule has 3 aliphatic rings. The van der Waals surface area contributed by atoms with Crippen LogP contribution in [0, 0.1) is 5.92 Å². The van der Waals surface area contributed by atoms with E-state index in [9.17, 15) is 5.11 Å². The van der Waals surface area contributed by atoms with Crippen molar-refractivity contribution in [1.82, 2.24) is 10.2 Å². The average molecular weight is 262 g/mol. The van der Waals surface area contributed by atoms with Gasteiger partial charge in [0.2, 0.25) is 0 Å². The van der Waals surface area contributed by atoms with E-state index in [-0.39, 0.29) is 5.75 Å². The van der Waals surface area contributed by atoms with E-state index in [1.807, 2.05) is 12.1 Å². The Hall–Kier alpha value is -1.26. The lowest BCUT2D eigenvalue weighted by Gasteiger charge is -2.45. The zero-order valence-electron chi connectivity index (χ0n) is 11.4. The minimum atomic E-state index is 0.263. The van der Waals surface area contributed by atoms with Gasteiger partial charge in [-0.05, 0) is 37.9 Å². The molecule has 0 aliphatic carbocycles. The van der Waals surface area contributed by atoms with Crippen molar-refractivity contribution in [2.24, 2.45) is 5.92 Å². The number of hydrogen-bond donors (Lipinski definition) is 2. The first-order valence-electron chi connectivity index (χ1n) is 7.08. The maximum Gasteiger partial charge on any atom is 0.162 e. The van der Waals surface area contributed by atoms with E-state index >= 15 is 0 Å². The molecule has 2 N–H and O–H groups in total. The number of para-hydroxylation sites is 1. The van der Waals surface area contributed by atoms with Crippen molar-refractivity contribution in [2.45, 2.75) is 25.4 Å². The number of benzene rings is 1. The lowest BCUT2D eigenvalue weighted by molar-refractivity contribution is 0.0719. The summed E-state index contributed by atoms with van der Waals surface area (Å²) in [6.07, 6.45) is 2.61. The predicted molar refractivity (Wildman–Crippen MR) is 74.5 cm³/mol. The van der Waals surface area contributed by atoms with Gasteiger partial charge in [-0.25, -0.2) is 0 Å². The molecule has 4 rings (SSSR count). The van der Waals surface area contributed by atoms with Gasteiger partial charge >= 0.3 is 0 Å². The summed E-state index contributed by atoms with van der Waals surface area (Å²) in [5.74, 6) is 1.62. The second-order valence-corrected chi connectivity index (χ2v) is 5.59. The summed E-state index contributed by atoms with van der Waals surface area (Å²) in [7, 11) is 1.58. The summed E-state index contributed by atoms with van der Waals surface area (Å²) < 4.78 is 5.14. The number of phenolic OH excluding ortho intramolecular Hbond substituents is 1. The molecular weight excluding hydrogens is 240 g/mol. The van der Waals surface area contributed by atoms with Crippen LogP contribution in [0.15, 0.2) is 18.2 Å². The molecular formula is C15H22N2O2. The number of nitrogens with one attached hydrogen (secondary N) is 1. The molecule has 19 heavy (non-hydrogen) atoms. The first-order valence-corrected chi connectivity index (χ1v) is 7.08. The third-order valence-electron chi connectivity index (χ3n) is 4.51. The minimum Gasteiger partial charge on any atom is -0.504 e. The van der Waals surface area contributed by atoms with E-state index in [1.54, 1.807) is 13.2 Å². The SMILES string of the molecule is COc1cccc(CNC2CN3CCC2CC3)c1O. The van der Waals surface area contributed by atoms with Crippen LogP contribution >= 0.6 is 0 Å². The van der Waals surface area contributed by atoms with Crippen LogP contribution in [0.4, 0.5) is 0 Å². The average Bonchev–Trinajstić information content (AvgIpc) is 2.47. The maximum absolute atomic E-state index is 10.1. The van der Waals surface area contributed by atoms with Gasteiger partial charge in [-0.15, -0.1) is 0 Å². The van der Waals surface area contributed by atoms with E-state index in [0.29, 0.717) is 18.3 Å². The highest BCUT2D eigenvalue weighted by Gasteiger charge is 2.33. The minimum absolute atomic E-state index is 0.263. The van der Waals surface area contributed by atoms with Crippen molar-refractivity contribution in [2.75, 3.05) is 26.7 Å². The molecule has 0 aromatic heterocycles. The molecule has 1 unspecified atom stereocenters. The second kappa shape index (κ2) is 5.39. The summed E-state index contributed by atoms with van der Waals surface area (Å²) >= 11 is 0. The van der Waals surface area contributed by atoms with Gasteiger partial charge in [0.15, 0.2) is 11.5 Å². The van der Waals surface area contributed by atoms with E-state index in [4.69, 9.17) is 4.74 Å². The van der Waals surface area contributed by atoms with Crippen LogP contribution in [-0.2, 0) is 6.54 Å². The maximum atomic E-state index is 10.1. The third-order valence-corrected chi connectivity index (χ3v) is 4.51. The first-order chi connectivity index (χ1) is 9.28. The van der Waals surface area contributed by atoms with Gasteiger partial charge in [-0.3, -0.25) is 0 Å².